The molecule has 0 bridgehead atoms. The number of carbonyl (C=O) groups is 1. The molecule has 0 spiro atoms. The first-order chi connectivity index (χ1) is 9.04. The molecule has 19 heavy (non-hydrogen) atoms. The Bertz CT molecular complexity index is 447. The molecule has 1 aromatic rings. The zero-order chi connectivity index (χ0) is 14.4. The lowest BCUT2D eigenvalue weighted by Crippen LogP contribution is -2.29. The van der Waals surface area contributed by atoms with Gasteiger partial charge in [-0.2, -0.15) is 0 Å². The van der Waals surface area contributed by atoms with Crippen molar-refractivity contribution in [3.63, 3.8) is 0 Å². The summed E-state index contributed by atoms with van der Waals surface area (Å²) in [6.45, 7) is 2.59. The minimum absolute atomic E-state index is 0.0264. The maximum Gasteiger partial charge on any atom is 0.228 e. The Morgan fingerprint density at radius 1 is 1.26 bits per heavy atom. The third-order valence-electron chi connectivity index (χ3n) is 3.02. The van der Waals surface area contributed by atoms with Gasteiger partial charge in [0.2, 0.25) is 5.91 Å². The number of aryl methyl sites for hydroxylation is 1. The topological polar surface area (TPSA) is 50.8 Å². The molecule has 106 valence electrons. The molecule has 1 aromatic carbocycles. The quantitative estimate of drug-likeness (QED) is 0.849. The Labute approximate surface area is 114 Å². The molecule has 0 atom stereocenters. The van der Waals surface area contributed by atoms with Crippen molar-refractivity contribution >= 4 is 11.6 Å². The number of hydrogen-bond donors (Lipinski definition) is 1. The molecule has 0 saturated carbocycles. The van der Waals surface area contributed by atoms with E-state index in [0.717, 1.165) is 11.3 Å². The predicted molar refractivity (Wildman–Crippen MR) is 76.2 cm³/mol. The monoisotopic (exact) mass is 266 g/mol. The first kappa shape index (κ1) is 15.3. The molecular weight excluding hydrogens is 244 g/mol. The number of methoxy groups -OCH3 is 2. The molecule has 0 heterocycles. The summed E-state index contributed by atoms with van der Waals surface area (Å²) in [7, 11) is 6.77. The molecule has 5 nitrogen and oxygen atoms in total. The second kappa shape index (κ2) is 6.99. The average molecular weight is 266 g/mol. The minimum Gasteiger partial charge on any atom is -0.496 e. The van der Waals surface area contributed by atoms with Crippen molar-refractivity contribution in [2.45, 2.75) is 13.3 Å². The summed E-state index contributed by atoms with van der Waals surface area (Å²) < 4.78 is 10.6. The predicted octanol–water partition coefficient (Wildman–Crippen LogP) is 1.58. The summed E-state index contributed by atoms with van der Waals surface area (Å²) in [5.74, 6) is 1.43. The van der Waals surface area contributed by atoms with E-state index in [1.807, 2.05) is 26.1 Å². The lowest BCUT2D eigenvalue weighted by atomic mass is 10.1. The number of carbonyl (C=O) groups excluding carboxylic acids is 1. The average Bonchev–Trinajstić information content (AvgIpc) is 2.43. The Balaban J connectivity index is 3.06. The largest absolute Gasteiger partial charge is 0.496 e. The second-order valence-electron chi connectivity index (χ2n) is 4.30. The maximum absolute atomic E-state index is 12.0. The van der Waals surface area contributed by atoms with Gasteiger partial charge in [0.05, 0.1) is 19.9 Å². The van der Waals surface area contributed by atoms with Crippen LogP contribution in [0.3, 0.4) is 0 Å². The van der Waals surface area contributed by atoms with Gasteiger partial charge in [-0.05, 0) is 25.6 Å². The molecule has 1 N–H and O–H groups in total. The third kappa shape index (κ3) is 3.61. The van der Waals surface area contributed by atoms with Gasteiger partial charge in [0.25, 0.3) is 0 Å². The van der Waals surface area contributed by atoms with Gasteiger partial charge in [0, 0.05) is 26.1 Å². The number of hydrogen-bond acceptors (Lipinski definition) is 4. The lowest BCUT2D eigenvalue weighted by molar-refractivity contribution is -0.118. The van der Waals surface area contributed by atoms with Gasteiger partial charge in [0.15, 0.2) is 0 Å². The molecule has 0 unspecified atom stereocenters. The fourth-order valence-electron chi connectivity index (χ4n) is 1.83. The van der Waals surface area contributed by atoms with E-state index in [-0.39, 0.29) is 5.91 Å². The number of nitrogens with zero attached hydrogens (tertiary/aromatic N) is 1. The van der Waals surface area contributed by atoms with Crippen LogP contribution in [0.1, 0.15) is 12.0 Å². The lowest BCUT2D eigenvalue weighted by Gasteiger charge is -2.21. The normalized spacial score (nSPS) is 10.2. The summed E-state index contributed by atoms with van der Waals surface area (Å²) in [6, 6.07) is 3.70. The molecule has 0 fully saturated rings. The molecule has 5 heteroatoms. The van der Waals surface area contributed by atoms with E-state index in [9.17, 15) is 4.79 Å². The van der Waals surface area contributed by atoms with Crippen molar-refractivity contribution in [1.29, 1.82) is 0 Å². The summed E-state index contributed by atoms with van der Waals surface area (Å²) in [6.07, 6.45) is 0.437. The molecule has 0 radical (unpaired) electrons. The summed E-state index contributed by atoms with van der Waals surface area (Å²) in [4.78, 5) is 13.6. The van der Waals surface area contributed by atoms with Crippen LogP contribution in [0.4, 0.5) is 5.69 Å². The van der Waals surface area contributed by atoms with E-state index < -0.39 is 0 Å². The van der Waals surface area contributed by atoms with Crippen LogP contribution in [0.15, 0.2) is 12.1 Å². The highest BCUT2D eigenvalue weighted by Gasteiger charge is 2.17. The van der Waals surface area contributed by atoms with Crippen molar-refractivity contribution < 1.29 is 14.3 Å². The Hall–Kier alpha value is -1.75. The second-order valence-corrected chi connectivity index (χ2v) is 4.30. The zero-order valence-corrected chi connectivity index (χ0v) is 12.2. The minimum atomic E-state index is 0.0264. The van der Waals surface area contributed by atoms with Crippen LogP contribution in [0.25, 0.3) is 0 Å². The first-order valence-corrected chi connectivity index (χ1v) is 6.19. The highest BCUT2D eigenvalue weighted by atomic mass is 16.5. The Kier molecular flexibility index (Phi) is 5.63. The smallest absolute Gasteiger partial charge is 0.228 e. The Morgan fingerprint density at radius 3 is 2.42 bits per heavy atom. The van der Waals surface area contributed by atoms with Crippen LogP contribution < -0.4 is 19.7 Å². The number of nitrogens with one attached hydrogen (secondary N) is 1. The SMILES string of the molecule is CNCCC(=O)N(C)c1cc(OC)c(C)cc1OC. The van der Waals surface area contributed by atoms with Crippen molar-refractivity contribution in [3.8, 4) is 11.5 Å². The van der Waals surface area contributed by atoms with E-state index in [1.165, 1.54) is 0 Å². The van der Waals surface area contributed by atoms with Crippen LogP contribution in [-0.2, 0) is 4.79 Å². The van der Waals surface area contributed by atoms with Crippen molar-refractivity contribution in [3.05, 3.63) is 17.7 Å². The summed E-state index contributed by atoms with van der Waals surface area (Å²) in [5, 5.41) is 2.96. The maximum atomic E-state index is 12.0. The van der Waals surface area contributed by atoms with Crippen LogP contribution >= 0.6 is 0 Å². The van der Waals surface area contributed by atoms with Crippen LogP contribution in [0.5, 0.6) is 11.5 Å². The number of rotatable bonds is 6. The number of amides is 1. The fourth-order valence-corrected chi connectivity index (χ4v) is 1.83. The van der Waals surface area contributed by atoms with Gasteiger partial charge in [-0.15, -0.1) is 0 Å². The standard InChI is InChI=1S/C14H22N2O3/c1-10-8-13(19-5)11(9-12(10)18-4)16(3)14(17)6-7-15-2/h8-9,15H,6-7H2,1-5H3. The van der Waals surface area contributed by atoms with Crippen LogP contribution in [0.2, 0.25) is 0 Å². The van der Waals surface area contributed by atoms with Crippen molar-refractivity contribution in [1.82, 2.24) is 5.32 Å². The molecule has 1 amide bonds. The summed E-state index contributed by atoms with van der Waals surface area (Å²) >= 11 is 0. The fraction of sp³-hybridized carbons (Fsp3) is 0.500. The van der Waals surface area contributed by atoms with E-state index in [4.69, 9.17) is 9.47 Å². The van der Waals surface area contributed by atoms with Gasteiger partial charge >= 0.3 is 0 Å². The first-order valence-electron chi connectivity index (χ1n) is 6.19. The highest BCUT2D eigenvalue weighted by Crippen LogP contribution is 2.34. The molecule has 0 saturated heterocycles. The molecular formula is C14H22N2O3. The molecule has 0 aliphatic heterocycles. The van der Waals surface area contributed by atoms with E-state index in [1.54, 1.807) is 26.2 Å². The van der Waals surface area contributed by atoms with Gasteiger partial charge in [0.1, 0.15) is 11.5 Å². The van der Waals surface area contributed by atoms with Gasteiger partial charge in [-0.1, -0.05) is 0 Å². The van der Waals surface area contributed by atoms with Crippen LogP contribution in [-0.4, -0.2) is 40.8 Å². The Morgan fingerprint density at radius 2 is 1.89 bits per heavy atom. The van der Waals surface area contributed by atoms with Crippen molar-refractivity contribution in [2.75, 3.05) is 39.8 Å². The summed E-state index contributed by atoms with van der Waals surface area (Å²) in [5.41, 5.74) is 1.69. The molecule has 0 aliphatic carbocycles. The molecule has 0 aromatic heterocycles. The van der Waals surface area contributed by atoms with Crippen LogP contribution in [0, 0.1) is 6.92 Å². The number of anilines is 1. The molecule has 1 rings (SSSR count). The number of benzene rings is 1. The zero-order valence-electron chi connectivity index (χ0n) is 12.2. The highest BCUT2D eigenvalue weighted by molar-refractivity contribution is 5.94. The van der Waals surface area contributed by atoms with Gasteiger partial charge in [-0.3, -0.25) is 4.79 Å². The van der Waals surface area contributed by atoms with E-state index in [0.29, 0.717) is 24.4 Å². The van der Waals surface area contributed by atoms with Gasteiger partial charge < -0.3 is 19.7 Å². The van der Waals surface area contributed by atoms with E-state index >= 15 is 0 Å². The third-order valence-corrected chi connectivity index (χ3v) is 3.02. The molecule has 0 aliphatic rings. The van der Waals surface area contributed by atoms with Crippen molar-refractivity contribution in [2.24, 2.45) is 0 Å². The number of ether oxygens (including phenoxy) is 2. The van der Waals surface area contributed by atoms with Gasteiger partial charge in [-0.25, -0.2) is 0 Å². The van der Waals surface area contributed by atoms with E-state index in [2.05, 4.69) is 5.32 Å².